The SMILES string of the molecule is Cc1cc(C(=O)c2sc3cc(O)ccc3c2Oc2ccc(/C=C/C(=O)O)cc2)n[nH]1. The number of nitrogens with zero attached hydrogens (tertiary/aromatic N) is 1. The molecule has 0 unspecified atom stereocenters. The number of ketones is 1. The molecule has 0 amide bonds. The van der Waals surface area contributed by atoms with E-state index in [2.05, 4.69) is 10.2 Å². The summed E-state index contributed by atoms with van der Waals surface area (Å²) in [6.45, 7) is 1.81. The smallest absolute Gasteiger partial charge is 0.328 e. The summed E-state index contributed by atoms with van der Waals surface area (Å²) in [5, 5.41) is 26.1. The lowest BCUT2D eigenvalue weighted by molar-refractivity contribution is -0.131. The zero-order valence-corrected chi connectivity index (χ0v) is 16.6. The molecule has 0 radical (unpaired) electrons. The van der Waals surface area contributed by atoms with Crippen LogP contribution in [0, 0.1) is 6.92 Å². The number of carboxylic acids is 1. The molecule has 4 rings (SSSR count). The molecule has 0 saturated carbocycles. The van der Waals surface area contributed by atoms with Crippen LogP contribution in [-0.2, 0) is 4.79 Å². The maximum absolute atomic E-state index is 13.0. The van der Waals surface area contributed by atoms with E-state index >= 15 is 0 Å². The summed E-state index contributed by atoms with van der Waals surface area (Å²) >= 11 is 1.22. The number of carbonyl (C=O) groups is 2. The molecule has 7 nitrogen and oxygen atoms in total. The summed E-state index contributed by atoms with van der Waals surface area (Å²) in [5.41, 5.74) is 1.75. The molecule has 0 aliphatic rings. The van der Waals surface area contributed by atoms with Crippen molar-refractivity contribution < 1.29 is 24.5 Å². The minimum absolute atomic E-state index is 0.0967. The Kier molecular flexibility index (Phi) is 5.07. The standard InChI is InChI=1S/C22H16N2O5S/c1-12-10-17(24-23-12)20(28)22-21(16-8-5-14(25)11-18(16)30-22)29-15-6-2-13(3-7-15)4-9-19(26)27/h2-11,25H,1H3,(H,23,24)(H,26,27)/b9-4+. The zero-order chi connectivity index (χ0) is 21.3. The van der Waals surface area contributed by atoms with Crippen molar-refractivity contribution in [2.24, 2.45) is 0 Å². The lowest BCUT2D eigenvalue weighted by Crippen LogP contribution is -2.01. The first kappa shape index (κ1) is 19.4. The van der Waals surface area contributed by atoms with Gasteiger partial charge >= 0.3 is 5.97 Å². The van der Waals surface area contributed by atoms with Gasteiger partial charge in [-0.3, -0.25) is 9.89 Å². The van der Waals surface area contributed by atoms with Crippen LogP contribution in [0.1, 0.15) is 26.6 Å². The van der Waals surface area contributed by atoms with E-state index in [9.17, 15) is 14.7 Å². The predicted octanol–water partition coefficient (Wildman–Crippen LogP) is 4.76. The molecule has 8 heteroatoms. The lowest BCUT2D eigenvalue weighted by Gasteiger charge is -2.07. The summed E-state index contributed by atoms with van der Waals surface area (Å²) in [6, 6.07) is 13.3. The normalized spacial score (nSPS) is 11.2. The topological polar surface area (TPSA) is 113 Å². The number of fused-ring (bicyclic) bond motifs is 1. The first-order valence-electron chi connectivity index (χ1n) is 8.92. The van der Waals surface area contributed by atoms with Gasteiger partial charge in [-0.25, -0.2) is 4.79 Å². The third-order valence-electron chi connectivity index (χ3n) is 4.29. The number of phenolic OH excluding ortho intramolecular Hbond substituents is 1. The van der Waals surface area contributed by atoms with Gasteiger partial charge in [0.25, 0.3) is 0 Å². The highest BCUT2D eigenvalue weighted by Gasteiger charge is 2.23. The summed E-state index contributed by atoms with van der Waals surface area (Å²) < 4.78 is 6.77. The van der Waals surface area contributed by atoms with Crippen LogP contribution in [0.2, 0.25) is 0 Å². The molecule has 0 fully saturated rings. The average Bonchev–Trinajstić information content (AvgIpc) is 3.30. The van der Waals surface area contributed by atoms with E-state index in [0.29, 0.717) is 32.0 Å². The van der Waals surface area contributed by atoms with Gasteiger partial charge in [-0.1, -0.05) is 12.1 Å². The number of phenols is 1. The van der Waals surface area contributed by atoms with Gasteiger partial charge in [0.2, 0.25) is 5.78 Å². The Balaban J connectivity index is 1.73. The van der Waals surface area contributed by atoms with Crippen LogP contribution in [0.3, 0.4) is 0 Å². The molecule has 0 aliphatic heterocycles. The number of carbonyl (C=O) groups excluding carboxylic acids is 1. The van der Waals surface area contributed by atoms with Crippen molar-refractivity contribution in [2.75, 3.05) is 0 Å². The van der Waals surface area contributed by atoms with E-state index < -0.39 is 5.97 Å². The van der Waals surface area contributed by atoms with Crippen molar-refractivity contribution in [3.63, 3.8) is 0 Å². The predicted molar refractivity (Wildman–Crippen MR) is 113 cm³/mol. The van der Waals surface area contributed by atoms with Gasteiger partial charge in [0.05, 0.1) is 0 Å². The first-order chi connectivity index (χ1) is 14.4. The number of aromatic amines is 1. The van der Waals surface area contributed by atoms with E-state index in [1.165, 1.54) is 23.5 Å². The molecule has 3 N–H and O–H groups in total. The van der Waals surface area contributed by atoms with Gasteiger partial charge in [0.1, 0.15) is 22.1 Å². The Morgan fingerprint density at radius 2 is 1.90 bits per heavy atom. The second kappa shape index (κ2) is 7.84. The number of aliphatic carboxylic acids is 1. The number of ether oxygens (including phenoxy) is 1. The fraction of sp³-hybridized carbons (Fsp3) is 0.0455. The number of carboxylic acid groups (broad SMARTS) is 1. The molecule has 0 spiro atoms. The Hall–Kier alpha value is -3.91. The number of nitrogens with one attached hydrogen (secondary N) is 1. The summed E-state index contributed by atoms with van der Waals surface area (Å²) in [6.07, 6.45) is 2.53. The molecule has 0 saturated heterocycles. The molecule has 4 aromatic rings. The number of thiophene rings is 1. The van der Waals surface area contributed by atoms with Gasteiger partial charge in [0, 0.05) is 21.9 Å². The quantitative estimate of drug-likeness (QED) is 0.306. The van der Waals surface area contributed by atoms with Gasteiger partial charge in [-0.15, -0.1) is 11.3 Å². The Morgan fingerprint density at radius 3 is 2.57 bits per heavy atom. The number of hydrogen-bond donors (Lipinski definition) is 3. The highest BCUT2D eigenvalue weighted by atomic mass is 32.1. The Bertz CT molecular complexity index is 1280. The Labute approximate surface area is 174 Å². The first-order valence-corrected chi connectivity index (χ1v) is 9.73. The molecule has 0 aliphatic carbocycles. The van der Waals surface area contributed by atoms with Crippen LogP contribution < -0.4 is 4.74 Å². The van der Waals surface area contributed by atoms with Crippen molar-refractivity contribution >= 4 is 39.3 Å². The van der Waals surface area contributed by atoms with E-state index in [1.54, 1.807) is 42.5 Å². The van der Waals surface area contributed by atoms with E-state index in [4.69, 9.17) is 9.84 Å². The van der Waals surface area contributed by atoms with Crippen LogP contribution in [0.15, 0.2) is 54.6 Å². The van der Waals surface area contributed by atoms with Crippen LogP contribution in [0.4, 0.5) is 0 Å². The van der Waals surface area contributed by atoms with E-state index in [-0.39, 0.29) is 17.2 Å². The average molecular weight is 420 g/mol. The third kappa shape index (κ3) is 3.94. The monoisotopic (exact) mass is 420 g/mol. The van der Waals surface area contributed by atoms with Gasteiger partial charge in [0.15, 0.2) is 5.75 Å². The second-order valence-corrected chi connectivity index (χ2v) is 7.60. The van der Waals surface area contributed by atoms with Crippen LogP contribution in [0.25, 0.3) is 16.2 Å². The van der Waals surface area contributed by atoms with E-state index in [0.717, 1.165) is 11.8 Å². The van der Waals surface area contributed by atoms with Crippen molar-refractivity contribution in [1.82, 2.24) is 10.2 Å². The maximum Gasteiger partial charge on any atom is 0.328 e. The summed E-state index contributed by atoms with van der Waals surface area (Å²) in [7, 11) is 0. The molecular weight excluding hydrogens is 404 g/mol. The summed E-state index contributed by atoms with van der Waals surface area (Å²) in [5.74, 6) is -0.340. The molecular formula is C22H16N2O5S. The molecule has 2 aromatic heterocycles. The fourth-order valence-corrected chi connectivity index (χ4v) is 4.01. The summed E-state index contributed by atoms with van der Waals surface area (Å²) in [4.78, 5) is 24.1. The number of hydrogen-bond acceptors (Lipinski definition) is 6. The molecule has 0 bridgehead atoms. The van der Waals surface area contributed by atoms with Gasteiger partial charge < -0.3 is 14.9 Å². The van der Waals surface area contributed by atoms with Crippen LogP contribution >= 0.6 is 11.3 Å². The van der Waals surface area contributed by atoms with Gasteiger partial charge in [-0.2, -0.15) is 5.10 Å². The van der Waals surface area contributed by atoms with Gasteiger partial charge in [-0.05, 0) is 55.0 Å². The van der Waals surface area contributed by atoms with Crippen molar-refractivity contribution in [1.29, 1.82) is 0 Å². The number of aromatic hydroxyl groups is 1. The maximum atomic E-state index is 13.0. The largest absolute Gasteiger partial charge is 0.508 e. The molecule has 2 aromatic carbocycles. The van der Waals surface area contributed by atoms with Crippen molar-refractivity contribution in [3.8, 4) is 17.2 Å². The highest BCUT2D eigenvalue weighted by Crippen LogP contribution is 2.42. The third-order valence-corrected chi connectivity index (χ3v) is 5.42. The Morgan fingerprint density at radius 1 is 1.13 bits per heavy atom. The molecule has 150 valence electrons. The minimum Gasteiger partial charge on any atom is -0.508 e. The van der Waals surface area contributed by atoms with Crippen LogP contribution in [-0.4, -0.2) is 32.2 Å². The minimum atomic E-state index is -1.03. The molecule has 30 heavy (non-hydrogen) atoms. The van der Waals surface area contributed by atoms with Crippen molar-refractivity contribution in [2.45, 2.75) is 6.92 Å². The number of rotatable bonds is 6. The fourth-order valence-electron chi connectivity index (χ4n) is 2.90. The highest BCUT2D eigenvalue weighted by molar-refractivity contribution is 7.21. The molecule has 0 atom stereocenters. The number of benzene rings is 2. The second-order valence-electron chi connectivity index (χ2n) is 6.55. The number of H-pyrrole nitrogens is 1. The number of aromatic nitrogens is 2. The van der Waals surface area contributed by atoms with Crippen LogP contribution in [0.5, 0.6) is 17.2 Å². The number of aryl methyl sites for hydroxylation is 1. The lowest BCUT2D eigenvalue weighted by atomic mass is 10.1. The van der Waals surface area contributed by atoms with Crippen molar-refractivity contribution in [3.05, 3.63) is 76.4 Å². The zero-order valence-electron chi connectivity index (χ0n) is 15.7. The molecule has 2 heterocycles. The van der Waals surface area contributed by atoms with E-state index in [1.807, 2.05) is 6.92 Å².